The maximum absolute atomic E-state index is 12.6. The number of carbonyl (C=O) groups excluding carboxylic acids is 1. The molecule has 0 saturated carbocycles. The number of nitrogens with zero attached hydrogens (tertiary/aromatic N) is 1. The van der Waals surface area contributed by atoms with E-state index in [0.717, 1.165) is 35.0 Å². The van der Waals surface area contributed by atoms with Crippen molar-refractivity contribution in [3.8, 4) is 0 Å². The van der Waals surface area contributed by atoms with E-state index in [1.165, 1.54) is 0 Å². The second-order valence-electron chi connectivity index (χ2n) is 5.45. The molecular weight excluding hydrogens is 248 g/mol. The number of amides is 1. The quantitative estimate of drug-likeness (QED) is 0.903. The monoisotopic (exact) mass is 268 g/mol. The molecule has 0 aliphatic carbocycles. The first-order valence-electron chi connectivity index (χ1n) is 7.29. The van der Waals surface area contributed by atoms with Crippen LogP contribution in [-0.4, -0.2) is 25.0 Å². The van der Waals surface area contributed by atoms with E-state index in [2.05, 4.69) is 31.3 Å². The van der Waals surface area contributed by atoms with Gasteiger partial charge < -0.3 is 10.2 Å². The second kappa shape index (κ2) is 5.25. The molecule has 0 radical (unpaired) electrons. The molecule has 1 amide bonds. The van der Waals surface area contributed by atoms with Gasteiger partial charge in [0, 0.05) is 23.5 Å². The summed E-state index contributed by atoms with van der Waals surface area (Å²) >= 11 is 0. The Morgan fingerprint density at radius 3 is 2.70 bits per heavy atom. The molecule has 3 heteroatoms. The van der Waals surface area contributed by atoms with Crippen LogP contribution in [0.5, 0.6) is 0 Å². The van der Waals surface area contributed by atoms with Gasteiger partial charge in [0.1, 0.15) is 0 Å². The fourth-order valence-electron chi connectivity index (χ4n) is 2.89. The van der Waals surface area contributed by atoms with Gasteiger partial charge in [-0.05, 0) is 37.4 Å². The summed E-state index contributed by atoms with van der Waals surface area (Å²) in [4.78, 5) is 14.5. The molecule has 1 N–H and O–H groups in total. The minimum Gasteiger partial charge on any atom is -0.312 e. The van der Waals surface area contributed by atoms with Gasteiger partial charge in [0.25, 0.3) is 5.91 Å². The molecule has 1 atom stereocenters. The summed E-state index contributed by atoms with van der Waals surface area (Å²) in [5.41, 5.74) is 1.88. The van der Waals surface area contributed by atoms with Crippen molar-refractivity contribution < 1.29 is 4.79 Å². The van der Waals surface area contributed by atoms with E-state index >= 15 is 0 Å². The molecule has 20 heavy (non-hydrogen) atoms. The van der Waals surface area contributed by atoms with Crippen molar-refractivity contribution in [2.45, 2.75) is 26.3 Å². The molecule has 1 aliphatic heterocycles. The first-order valence-corrected chi connectivity index (χ1v) is 7.29. The van der Waals surface area contributed by atoms with E-state index in [1.54, 1.807) is 0 Å². The molecule has 0 bridgehead atoms. The molecule has 1 unspecified atom stereocenters. The lowest BCUT2D eigenvalue weighted by molar-refractivity contribution is 0.0991. The van der Waals surface area contributed by atoms with Crippen molar-refractivity contribution >= 4 is 22.4 Å². The lowest BCUT2D eigenvalue weighted by atomic mass is 10.1. The molecule has 0 spiro atoms. The van der Waals surface area contributed by atoms with Crippen LogP contribution in [0.1, 0.15) is 30.6 Å². The Bertz CT molecular complexity index is 645. The zero-order chi connectivity index (χ0) is 14.1. The van der Waals surface area contributed by atoms with Crippen molar-refractivity contribution in [3.63, 3.8) is 0 Å². The van der Waals surface area contributed by atoms with Gasteiger partial charge in [-0.2, -0.15) is 0 Å². The van der Waals surface area contributed by atoms with Gasteiger partial charge in [0.2, 0.25) is 0 Å². The zero-order valence-corrected chi connectivity index (χ0v) is 12.0. The smallest absolute Gasteiger partial charge is 0.259 e. The summed E-state index contributed by atoms with van der Waals surface area (Å²) in [5, 5.41) is 5.69. The Hall–Kier alpha value is -1.87. The summed E-state index contributed by atoms with van der Waals surface area (Å²) in [5.74, 6) is 0.127. The van der Waals surface area contributed by atoms with Gasteiger partial charge >= 0.3 is 0 Å². The number of carbonyl (C=O) groups is 1. The standard InChI is InChI=1S/C17H20N2O/c1-3-10-18-12(2)11-19-15-9-5-7-13-6-4-8-14(16(13)15)17(19)20/h4-9,12,18H,3,10-11H2,1-2H3. The van der Waals surface area contributed by atoms with Crippen molar-refractivity contribution in [1.82, 2.24) is 5.32 Å². The van der Waals surface area contributed by atoms with Gasteiger partial charge in [-0.25, -0.2) is 0 Å². The van der Waals surface area contributed by atoms with Crippen LogP contribution in [0.3, 0.4) is 0 Å². The van der Waals surface area contributed by atoms with E-state index in [1.807, 2.05) is 29.2 Å². The third kappa shape index (κ3) is 2.08. The second-order valence-corrected chi connectivity index (χ2v) is 5.45. The topological polar surface area (TPSA) is 32.3 Å². The average Bonchev–Trinajstić information content (AvgIpc) is 2.73. The molecule has 1 aliphatic rings. The van der Waals surface area contributed by atoms with Gasteiger partial charge in [-0.15, -0.1) is 0 Å². The SMILES string of the molecule is CCCNC(C)CN1C(=O)c2cccc3cccc1c23. The number of hydrogen-bond acceptors (Lipinski definition) is 2. The molecule has 104 valence electrons. The fraction of sp³-hybridized carbons (Fsp3) is 0.353. The van der Waals surface area contributed by atoms with Crippen LogP contribution >= 0.6 is 0 Å². The highest BCUT2D eigenvalue weighted by Gasteiger charge is 2.30. The Morgan fingerprint density at radius 2 is 1.95 bits per heavy atom. The van der Waals surface area contributed by atoms with Gasteiger partial charge in [-0.1, -0.05) is 31.2 Å². The number of anilines is 1. The Kier molecular flexibility index (Phi) is 3.45. The predicted molar refractivity (Wildman–Crippen MR) is 83.4 cm³/mol. The lowest BCUT2D eigenvalue weighted by Crippen LogP contribution is -2.41. The molecule has 2 aromatic rings. The highest BCUT2D eigenvalue weighted by molar-refractivity contribution is 6.25. The summed E-state index contributed by atoms with van der Waals surface area (Å²) in [7, 11) is 0. The van der Waals surface area contributed by atoms with Crippen LogP contribution in [0.15, 0.2) is 36.4 Å². The van der Waals surface area contributed by atoms with E-state index in [9.17, 15) is 4.79 Å². The van der Waals surface area contributed by atoms with Crippen LogP contribution in [-0.2, 0) is 0 Å². The number of hydrogen-bond donors (Lipinski definition) is 1. The summed E-state index contributed by atoms with van der Waals surface area (Å²) < 4.78 is 0. The lowest BCUT2D eigenvalue weighted by Gasteiger charge is -2.23. The summed E-state index contributed by atoms with van der Waals surface area (Å²) in [6.45, 7) is 5.98. The fourth-order valence-corrected chi connectivity index (χ4v) is 2.89. The molecule has 0 saturated heterocycles. The van der Waals surface area contributed by atoms with Gasteiger partial charge in [-0.3, -0.25) is 4.79 Å². The van der Waals surface area contributed by atoms with Gasteiger partial charge in [0.15, 0.2) is 0 Å². The molecule has 0 aromatic heterocycles. The van der Waals surface area contributed by atoms with Crippen molar-refractivity contribution in [1.29, 1.82) is 0 Å². The molecule has 3 rings (SSSR count). The number of rotatable bonds is 5. The van der Waals surface area contributed by atoms with E-state index < -0.39 is 0 Å². The van der Waals surface area contributed by atoms with Crippen LogP contribution in [0, 0.1) is 0 Å². The van der Waals surface area contributed by atoms with E-state index in [-0.39, 0.29) is 5.91 Å². The molecule has 1 heterocycles. The highest BCUT2D eigenvalue weighted by Crippen LogP contribution is 2.37. The van der Waals surface area contributed by atoms with Crippen LogP contribution in [0.25, 0.3) is 10.8 Å². The van der Waals surface area contributed by atoms with Crippen molar-refractivity contribution in [2.75, 3.05) is 18.0 Å². The maximum Gasteiger partial charge on any atom is 0.259 e. The highest BCUT2D eigenvalue weighted by atomic mass is 16.2. The minimum atomic E-state index is 0.127. The van der Waals surface area contributed by atoms with Crippen molar-refractivity contribution in [2.24, 2.45) is 0 Å². The largest absolute Gasteiger partial charge is 0.312 e. The van der Waals surface area contributed by atoms with Crippen LogP contribution in [0.2, 0.25) is 0 Å². The van der Waals surface area contributed by atoms with E-state index in [4.69, 9.17) is 0 Å². The third-order valence-electron chi connectivity index (χ3n) is 3.85. The average molecular weight is 268 g/mol. The molecule has 3 nitrogen and oxygen atoms in total. The normalized spacial score (nSPS) is 15.1. The van der Waals surface area contributed by atoms with Gasteiger partial charge in [0.05, 0.1) is 5.69 Å². The molecule has 2 aromatic carbocycles. The third-order valence-corrected chi connectivity index (χ3v) is 3.85. The maximum atomic E-state index is 12.6. The number of nitrogens with one attached hydrogen (secondary N) is 1. The Morgan fingerprint density at radius 1 is 1.20 bits per heavy atom. The first kappa shape index (κ1) is 13.1. The predicted octanol–water partition coefficient (Wildman–Crippen LogP) is 3.19. The minimum absolute atomic E-state index is 0.127. The number of benzene rings is 2. The molecular formula is C17H20N2O. The molecule has 0 fully saturated rings. The summed E-state index contributed by atoms with van der Waals surface area (Å²) in [6, 6.07) is 12.4. The van der Waals surface area contributed by atoms with Crippen LogP contribution < -0.4 is 10.2 Å². The van der Waals surface area contributed by atoms with Crippen LogP contribution in [0.4, 0.5) is 5.69 Å². The summed E-state index contributed by atoms with van der Waals surface area (Å²) in [6.07, 6.45) is 1.11. The van der Waals surface area contributed by atoms with Crippen molar-refractivity contribution in [3.05, 3.63) is 42.0 Å². The Labute approximate surface area is 119 Å². The zero-order valence-electron chi connectivity index (χ0n) is 12.0. The first-order chi connectivity index (χ1) is 9.72. The Balaban J connectivity index is 1.93. The van der Waals surface area contributed by atoms with E-state index in [0.29, 0.717) is 12.6 Å².